The minimum atomic E-state index is 0.0911. The Bertz CT molecular complexity index is 570. The number of para-hydroxylation sites is 1. The Hall–Kier alpha value is -1.46. The first kappa shape index (κ1) is 13.5. The van der Waals surface area contributed by atoms with Gasteiger partial charge in [-0.3, -0.25) is 4.79 Å². The molecule has 1 saturated carbocycles. The van der Waals surface area contributed by atoms with Crippen molar-refractivity contribution in [2.75, 3.05) is 12.4 Å². The number of rotatable bonds is 3. The van der Waals surface area contributed by atoms with Gasteiger partial charge in [-0.15, -0.1) is 0 Å². The molecular weight excluding hydrogens is 272 g/mol. The molecule has 106 valence electrons. The minimum Gasteiger partial charge on any atom is -0.381 e. The van der Waals surface area contributed by atoms with Crippen LogP contribution in [0.15, 0.2) is 24.3 Å². The van der Waals surface area contributed by atoms with Gasteiger partial charge in [0, 0.05) is 13.0 Å². The van der Waals surface area contributed by atoms with Crippen LogP contribution < -0.4 is 5.32 Å². The van der Waals surface area contributed by atoms with Crippen molar-refractivity contribution in [2.45, 2.75) is 31.8 Å². The summed E-state index contributed by atoms with van der Waals surface area (Å²) in [7, 11) is 1.74. The third-order valence-electron chi connectivity index (χ3n) is 3.90. The lowest BCUT2D eigenvalue weighted by molar-refractivity contribution is -0.121. The number of carbonyl (C=O) groups excluding carboxylic acids is 1. The van der Waals surface area contributed by atoms with E-state index >= 15 is 0 Å². The zero-order chi connectivity index (χ0) is 13.9. The molecule has 3 rings (SSSR count). The van der Waals surface area contributed by atoms with Crippen molar-refractivity contribution < 1.29 is 9.53 Å². The fourth-order valence-electron chi connectivity index (χ4n) is 2.69. The van der Waals surface area contributed by atoms with Crippen molar-refractivity contribution in [3.05, 3.63) is 24.3 Å². The van der Waals surface area contributed by atoms with E-state index in [2.05, 4.69) is 10.3 Å². The number of amides is 1. The molecule has 5 heteroatoms. The summed E-state index contributed by atoms with van der Waals surface area (Å²) in [6.45, 7) is 0. The Morgan fingerprint density at radius 3 is 2.75 bits per heavy atom. The summed E-state index contributed by atoms with van der Waals surface area (Å²) in [5, 5.41) is 3.66. The predicted molar refractivity (Wildman–Crippen MR) is 81.0 cm³/mol. The smallest absolute Gasteiger partial charge is 0.229 e. The molecule has 0 unspecified atom stereocenters. The van der Waals surface area contributed by atoms with Gasteiger partial charge in [0.05, 0.1) is 16.3 Å². The molecule has 1 fully saturated rings. The van der Waals surface area contributed by atoms with Crippen LogP contribution in [0.3, 0.4) is 0 Å². The van der Waals surface area contributed by atoms with Crippen LogP contribution in [0, 0.1) is 5.92 Å². The summed E-state index contributed by atoms with van der Waals surface area (Å²) < 4.78 is 6.44. The summed E-state index contributed by atoms with van der Waals surface area (Å²) in [6, 6.07) is 7.93. The van der Waals surface area contributed by atoms with Crippen molar-refractivity contribution >= 4 is 32.6 Å². The second-order valence-corrected chi connectivity index (χ2v) is 6.22. The number of ether oxygens (including phenoxy) is 1. The third-order valence-corrected chi connectivity index (χ3v) is 4.85. The van der Waals surface area contributed by atoms with E-state index in [0.717, 1.165) is 35.9 Å². The van der Waals surface area contributed by atoms with Crippen molar-refractivity contribution in [1.29, 1.82) is 0 Å². The van der Waals surface area contributed by atoms with Crippen LogP contribution in [-0.4, -0.2) is 24.1 Å². The largest absolute Gasteiger partial charge is 0.381 e. The van der Waals surface area contributed by atoms with E-state index in [9.17, 15) is 4.79 Å². The number of hydrogen-bond donors (Lipinski definition) is 1. The van der Waals surface area contributed by atoms with Gasteiger partial charge < -0.3 is 10.1 Å². The predicted octanol–water partition coefficient (Wildman–Crippen LogP) is 3.44. The summed E-state index contributed by atoms with van der Waals surface area (Å²) in [5.41, 5.74) is 0.941. The van der Waals surface area contributed by atoms with Crippen molar-refractivity contribution in [3.8, 4) is 0 Å². The molecule has 1 aromatic heterocycles. The normalized spacial score (nSPS) is 22.9. The first-order valence-electron chi connectivity index (χ1n) is 6.95. The third kappa shape index (κ3) is 2.83. The second kappa shape index (κ2) is 5.89. The Morgan fingerprint density at radius 2 is 2.05 bits per heavy atom. The Kier molecular flexibility index (Phi) is 3.98. The molecule has 1 aliphatic rings. The maximum absolute atomic E-state index is 12.3. The molecule has 0 atom stereocenters. The zero-order valence-corrected chi connectivity index (χ0v) is 12.3. The highest BCUT2D eigenvalue weighted by Crippen LogP contribution is 2.29. The molecule has 0 saturated heterocycles. The van der Waals surface area contributed by atoms with E-state index in [0.29, 0.717) is 11.2 Å². The number of nitrogens with one attached hydrogen (secondary N) is 1. The fraction of sp³-hybridized carbons (Fsp3) is 0.467. The van der Waals surface area contributed by atoms with Crippen LogP contribution in [-0.2, 0) is 9.53 Å². The van der Waals surface area contributed by atoms with Crippen molar-refractivity contribution in [3.63, 3.8) is 0 Å². The molecule has 0 aliphatic heterocycles. The lowest BCUT2D eigenvalue weighted by atomic mass is 9.87. The summed E-state index contributed by atoms with van der Waals surface area (Å²) >= 11 is 1.53. The molecule has 0 radical (unpaired) electrons. The number of benzene rings is 1. The van der Waals surface area contributed by atoms with Crippen LogP contribution in [0.2, 0.25) is 0 Å². The van der Waals surface area contributed by atoms with Gasteiger partial charge in [-0.25, -0.2) is 4.98 Å². The number of carbonyl (C=O) groups is 1. The Labute approximate surface area is 122 Å². The van der Waals surface area contributed by atoms with E-state index in [4.69, 9.17) is 4.74 Å². The average molecular weight is 290 g/mol. The number of fused-ring (bicyclic) bond motifs is 1. The average Bonchev–Trinajstić information content (AvgIpc) is 2.89. The Balaban J connectivity index is 1.64. The van der Waals surface area contributed by atoms with E-state index in [1.807, 2.05) is 24.3 Å². The highest BCUT2D eigenvalue weighted by molar-refractivity contribution is 7.22. The summed E-state index contributed by atoms with van der Waals surface area (Å²) in [6.07, 6.45) is 4.05. The van der Waals surface area contributed by atoms with Crippen LogP contribution in [0.5, 0.6) is 0 Å². The van der Waals surface area contributed by atoms with Crippen LogP contribution >= 0.6 is 11.3 Å². The number of hydrogen-bond acceptors (Lipinski definition) is 4. The van der Waals surface area contributed by atoms with Gasteiger partial charge in [-0.2, -0.15) is 0 Å². The van der Waals surface area contributed by atoms with Gasteiger partial charge >= 0.3 is 0 Å². The molecule has 1 N–H and O–H groups in total. The molecule has 1 amide bonds. The van der Waals surface area contributed by atoms with Gasteiger partial charge in [0.15, 0.2) is 5.13 Å². The highest BCUT2D eigenvalue weighted by atomic mass is 32.1. The lowest BCUT2D eigenvalue weighted by Gasteiger charge is -2.26. The van der Waals surface area contributed by atoms with E-state index in [1.165, 1.54) is 11.3 Å². The molecule has 0 bridgehead atoms. The quantitative estimate of drug-likeness (QED) is 0.942. The second-order valence-electron chi connectivity index (χ2n) is 5.19. The topological polar surface area (TPSA) is 51.2 Å². The number of methoxy groups -OCH3 is 1. The molecule has 2 aromatic rings. The number of nitrogens with zero attached hydrogens (tertiary/aromatic N) is 1. The SMILES string of the molecule is COC1CCC(C(=O)Nc2nc3ccccc3s2)CC1. The van der Waals surface area contributed by atoms with Crippen molar-refractivity contribution in [1.82, 2.24) is 4.98 Å². The molecule has 1 heterocycles. The van der Waals surface area contributed by atoms with E-state index in [1.54, 1.807) is 7.11 Å². The fourth-order valence-corrected chi connectivity index (χ4v) is 3.56. The molecule has 4 nitrogen and oxygen atoms in total. The first-order chi connectivity index (χ1) is 9.76. The van der Waals surface area contributed by atoms with Gasteiger partial charge in [-0.05, 0) is 37.8 Å². The zero-order valence-electron chi connectivity index (χ0n) is 11.5. The van der Waals surface area contributed by atoms with Crippen LogP contribution in [0.25, 0.3) is 10.2 Å². The monoisotopic (exact) mass is 290 g/mol. The van der Waals surface area contributed by atoms with E-state index in [-0.39, 0.29) is 11.8 Å². The van der Waals surface area contributed by atoms with Crippen LogP contribution in [0.4, 0.5) is 5.13 Å². The summed E-state index contributed by atoms with van der Waals surface area (Å²) in [4.78, 5) is 16.7. The molecular formula is C15H18N2O2S. The summed E-state index contributed by atoms with van der Waals surface area (Å²) in [5.74, 6) is 0.187. The number of thiazole rings is 1. The molecule has 0 spiro atoms. The maximum Gasteiger partial charge on any atom is 0.229 e. The molecule has 20 heavy (non-hydrogen) atoms. The van der Waals surface area contributed by atoms with Gasteiger partial charge in [-0.1, -0.05) is 23.5 Å². The standard InChI is InChI=1S/C15H18N2O2S/c1-19-11-8-6-10(7-9-11)14(18)17-15-16-12-4-2-3-5-13(12)20-15/h2-5,10-11H,6-9H2,1H3,(H,16,17,18). The maximum atomic E-state index is 12.3. The Morgan fingerprint density at radius 1 is 1.30 bits per heavy atom. The number of aromatic nitrogens is 1. The highest BCUT2D eigenvalue weighted by Gasteiger charge is 2.26. The van der Waals surface area contributed by atoms with Crippen molar-refractivity contribution in [2.24, 2.45) is 5.92 Å². The van der Waals surface area contributed by atoms with Gasteiger partial charge in [0.1, 0.15) is 0 Å². The minimum absolute atomic E-state index is 0.0911. The van der Waals surface area contributed by atoms with E-state index < -0.39 is 0 Å². The number of anilines is 1. The molecule has 1 aromatic carbocycles. The van der Waals surface area contributed by atoms with Crippen LogP contribution in [0.1, 0.15) is 25.7 Å². The molecule has 1 aliphatic carbocycles. The lowest BCUT2D eigenvalue weighted by Crippen LogP contribution is -2.29. The van der Waals surface area contributed by atoms with Gasteiger partial charge in [0.2, 0.25) is 5.91 Å². The first-order valence-corrected chi connectivity index (χ1v) is 7.77. The van der Waals surface area contributed by atoms with Gasteiger partial charge in [0.25, 0.3) is 0 Å².